The standard InChI is InChI=1S/C22H26N6O5S2/c29-18(12-24-21-25-16(13-34-21)14-3-1-9-23-11-14)28-10-2-4-17(28)19(30)26-22(7-8-22)20(31)27-35(32,33)15-5-6-15/h1,3,9,11,13,15,17H,2,4-8,10,12H2,(H,24,25)(H,26,30)(H,27,31)/t17-/m0/s1. The largest absolute Gasteiger partial charge is 0.352 e. The summed E-state index contributed by atoms with van der Waals surface area (Å²) in [5.74, 6) is -1.37. The third-order valence-electron chi connectivity index (χ3n) is 6.47. The first-order chi connectivity index (χ1) is 16.8. The monoisotopic (exact) mass is 518 g/mol. The quantitative estimate of drug-likeness (QED) is 0.442. The van der Waals surface area contributed by atoms with E-state index in [-0.39, 0.29) is 12.5 Å². The van der Waals surface area contributed by atoms with Crippen molar-refractivity contribution in [1.82, 2.24) is 24.9 Å². The number of amides is 3. The zero-order valence-corrected chi connectivity index (χ0v) is 20.5. The molecule has 0 aromatic carbocycles. The van der Waals surface area contributed by atoms with Gasteiger partial charge in [-0.25, -0.2) is 13.4 Å². The van der Waals surface area contributed by atoms with E-state index in [9.17, 15) is 22.8 Å². The van der Waals surface area contributed by atoms with Crippen molar-refractivity contribution in [2.24, 2.45) is 0 Å². The zero-order chi connectivity index (χ0) is 24.6. The fourth-order valence-electron chi connectivity index (χ4n) is 4.13. The number of hydrogen-bond donors (Lipinski definition) is 3. The topological polar surface area (TPSA) is 150 Å². The molecule has 3 fully saturated rings. The van der Waals surface area contributed by atoms with E-state index >= 15 is 0 Å². The molecule has 3 heterocycles. The second-order valence-electron chi connectivity index (χ2n) is 9.13. The van der Waals surface area contributed by atoms with Crippen LogP contribution in [0.15, 0.2) is 29.9 Å². The molecule has 5 rings (SSSR count). The highest BCUT2D eigenvalue weighted by Crippen LogP contribution is 2.37. The summed E-state index contributed by atoms with van der Waals surface area (Å²) in [6.07, 6.45) is 6.38. The predicted molar refractivity (Wildman–Crippen MR) is 129 cm³/mol. The summed E-state index contributed by atoms with van der Waals surface area (Å²) in [6, 6.07) is 3.03. The molecule has 35 heavy (non-hydrogen) atoms. The fourth-order valence-corrected chi connectivity index (χ4v) is 6.23. The molecule has 1 saturated heterocycles. The van der Waals surface area contributed by atoms with Crippen molar-refractivity contribution in [2.45, 2.75) is 55.4 Å². The molecule has 186 valence electrons. The number of hydrogen-bond acceptors (Lipinski definition) is 9. The van der Waals surface area contributed by atoms with Gasteiger partial charge in [0.05, 0.1) is 17.5 Å². The van der Waals surface area contributed by atoms with E-state index in [0.717, 1.165) is 11.3 Å². The van der Waals surface area contributed by atoms with Gasteiger partial charge in [0, 0.05) is 29.9 Å². The molecule has 2 aromatic heterocycles. The van der Waals surface area contributed by atoms with Crippen molar-refractivity contribution in [3.05, 3.63) is 29.9 Å². The first kappa shape index (κ1) is 23.7. The predicted octanol–water partition coefficient (Wildman–Crippen LogP) is 0.865. The summed E-state index contributed by atoms with van der Waals surface area (Å²) in [5, 5.41) is 7.69. The maximum atomic E-state index is 13.0. The molecule has 2 saturated carbocycles. The van der Waals surface area contributed by atoms with Crippen LogP contribution >= 0.6 is 11.3 Å². The average Bonchev–Trinajstić information content (AvgIpc) is 3.75. The minimum absolute atomic E-state index is 0.0188. The fraction of sp³-hybridized carbons (Fsp3) is 0.500. The zero-order valence-electron chi connectivity index (χ0n) is 18.9. The Bertz CT molecular complexity index is 1240. The van der Waals surface area contributed by atoms with E-state index in [0.29, 0.717) is 50.2 Å². The average molecular weight is 519 g/mol. The van der Waals surface area contributed by atoms with Crippen molar-refractivity contribution >= 4 is 44.2 Å². The molecule has 3 amide bonds. The SMILES string of the molecule is O=C(NC1(C(=O)NS(=O)(=O)C2CC2)CC1)[C@@H]1CCCN1C(=O)CNc1nc(-c2cccnc2)cs1. The highest BCUT2D eigenvalue weighted by Gasteiger charge is 2.54. The van der Waals surface area contributed by atoms with Crippen LogP contribution in [0, 0.1) is 0 Å². The molecular weight excluding hydrogens is 492 g/mol. The van der Waals surface area contributed by atoms with Gasteiger partial charge in [-0.2, -0.15) is 0 Å². The van der Waals surface area contributed by atoms with Crippen LogP contribution in [-0.4, -0.2) is 70.9 Å². The number of thiazole rings is 1. The molecule has 3 aliphatic rings. The first-order valence-electron chi connectivity index (χ1n) is 11.5. The number of nitrogens with zero attached hydrogens (tertiary/aromatic N) is 3. The van der Waals surface area contributed by atoms with Crippen molar-refractivity contribution in [1.29, 1.82) is 0 Å². The van der Waals surface area contributed by atoms with Crippen LogP contribution in [0.25, 0.3) is 11.3 Å². The number of aromatic nitrogens is 2. The van der Waals surface area contributed by atoms with Gasteiger partial charge < -0.3 is 15.5 Å². The molecule has 1 atom stereocenters. The van der Waals surface area contributed by atoms with Crippen molar-refractivity contribution in [2.75, 3.05) is 18.4 Å². The van der Waals surface area contributed by atoms with E-state index < -0.39 is 38.7 Å². The molecule has 1 aliphatic heterocycles. The van der Waals surface area contributed by atoms with Gasteiger partial charge in [-0.3, -0.25) is 24.1 Å². The molecule has 2 aliphatic carbocycles. The van der Waals surface area contributed by atoms with Gasteiger partial charge in [0.15, 0.2) is 5.13 Å². The Labute approximate surface area is 206 Å². The molecule has 11 nitrogen and oxygen atoms in total. The van der Waals surface area contributed by atoms with Crippen LogP contribution in [0.3, 0.4) is 0 Å². The van der Waals surface area contributed by atoms with Gasteiger partial charge in [-0.05, 0) is 50.7 Å². The summed E-state index contributed by atoms with van der Waals surface area (Å²) in [4.78, 5) is 48.5. The Morgan fingerprint density at radius 3 is 2.69 bits per heavy atom. The van der Waals surface area contributed by atoms with Crippen molar-refractivity contribution in [3.8, 4) is 11.3 Å². The highest BCUT2D eigenvalue weighted by molar-refractivity contribution is 7.91. The Balaban J connectivity index is 1.16. The van der Waals surface area contributed by atoms with Gasteiger partial charge >= 0.3 is 0 Å². The molecule has 0 bridgehead atoms. The second-order valence-corrected chi connectivity index (χ2v) is 11.9. The van der Waals surface area contributed by atoms with Crippen LogP contribution in [0.2, 0.25) is 0 Å². The number of likely N-dealkylation sites (tertiary alicyclic amines) is 1. The number of sulfonamides is 1. The highest BCUT2D eigenvalue weighted by atomic mass is 32.2. The third-order valence-corrected chi connectivity index (χ3v) is 9.09. The molecule has 0 radical (unpaired) electrons. The van der Waals surface area contributed by atoms with E-state index in [2.05, 4.69) is 25.3 Å². The van der Waals surface area contributed by atoms with Crippen LogP contribution < -0.4 is 15.4 Å². The Hall–Kier alpha value is -3.06. The van der Waals surface area contributed by atoms with Gasteiger partial charge in [-0.15, -0.1) is 11.3 Å². The smallest absolute Gasteiger partial charge is 0.259 e. The lowest BCUT2D eigenvalue weighted by Crippen LogP contribution is -2.56. The Kier molecular flexibility index (Phi) is 6.21. The minimum Gasteiger partial charge on any atom is -0.352 e. The number of anilines is 1. The van der Waals surface area contributed by atoms with Crippen LogP contribution in [0.1, 0.15) is 38.5 Å². The summed E-state index contributed by atoms with van der Waals surface area (Å²) in [6.45, 7) is 0.418. The number of carbonyl (C=O) groups is 3. The van der Waals surface area contributed by atoms with Gasteiger partial charge in [0.25, 0.3) is 5.91 Å². The van der Waals surface area contributed by atoms with E-state index in [1.807, 2.05) is 17.5 Å². The minimum atomic E-state index is -3.69. The molecule has 0 unspecified atom stereocenters. The van der Waals surface area contributed by atoms with Crippen LogP contribution in [0.4, 0.5) is 5.13 Å². The molecular formula is C22H26N6O5S2. The van der Waals surface area contributed by atoms with Gasteiger partial charge in [-0.1, -0.05) is 0 Å². The van der Waals surface area contributed by atoms with Crippen LogP contribution in [-0.2, 0) is 24.4 Å². The Morgan fingerprint density at radius 1 is 1.20 bits per heavy atom. The summed E-state index contributed by atoms with van der Waals surface area (Å²) >= 11 is 1.37. The summed E-state index contributed by atoms with van der Waals surface area (Å²) in [5.41, 5.74) is 0.425. The van der Waals surface area contributed by atoms with Gasteiger partial charge in [0.1, 0.15) is 11.6 Å². The Morgan fingerprint density at radius 2 is 2.00 bits per heavy atom. The van der Waals surface area contributed by atoms with Crippen molar-refractivity contribution in [3.63, 3.8) is 0 Å². The number of carbonyl (C=O) groups excluding carboxylic acids is 3. The lowest BCUT2D eigenvalue weighted by Gasteiger charge is -2.26. The number of rotatable bonds is 9. The number of nitrogens with one attached hydrogen (secondary N) is 3. The molecule has 13 heteroatoms. The lowest BCUT2D eigenvalue weighted by molar-refractivity contribution is -0.138. The summed E-state index contributed by atoms with van der Waals surface area (Å²) < 4.78 is 26.4. The third kappa shape index (κ3) is 5.15. The summed E-state index contributed by atoms with van der Waals surface area (Å²) in [7, 11) is -3.69. The molecule has 3 N–H and O–H groups in total. The maximum Gasteiger partial charge on any atom is 0.259 e. The maximum absolute atomic E-state index is 13.0. The first-order valence-corrected chi connectivity index (χ1v) is 14.0. The van der Waals surface area contributed by atoms with E-state index in [1.165, 1.54) is 16.2 Å². The second kappa shape index (κ2) is 9.19. The molecule has 2 aromatic rings. The van der Waals surface area contributed by atoms with Crippen LogP contribution in [0.5, 0.6) is 0 Å². The van der Waals surface area contributed by atoms with E-state index in [1.54, 1.807) is 12.4 Å². The van der Waals surface area contributed by atoms with Gasteiger partial charge in [0.2, 0.25) is 21.8 Å². The van der Waals surface area contributed by atoms with E-state index in [4.69, 9.17) is 0 Å². The number of pyridine rings is 1. The van der Waals surface area contributed by atoms with Crippen molar-refractivity contribution < 1.29 is 22.8 Å². The lowest BCUT2D eigenvalue weighted by atomic mass is 10.1. The normalized spacial score (nSPS) is 20.8. The molecule has 0 spiro atoms.